The Morgan fingerprint density at radius 2 is 2.36 bits per heavy atom. The lowest BCUT2D eigenvalue weighted by molar-refractivity contribution is -0.138. The predicted molar refractivity (Wildman–Crippen MR) is 52.6 cm³/mol. The molecule has 0 aromatic heterocycles. The fourth-order valence-electron chi connectivity index (χ4n) is 0.393. The van der Waals surface area contributed by atoms with Crippen molar-refractivity contribution in [3.63, 3.8) is 0 Å². The van der Waals surface area contributed by atoms with Crippen molar-refractivity contribution < 1.29 is 9.90 Å². The first-order valence-electron chi connectivity index (χ1n) is 2.86. The van der Waals surface area contributed by atoms with E-state index in [4.69, 9.17) is 10.8 Å². The maximum atomic E-state index is 10.2. The van der Waals surface area contributed by atoms with E-state index in [1.165, 1.54) is 11.8 Å². The van der Waals surface area contributed by atoms with E-state index in [0.29, 0.717) is 15.7 Å². The Hall–Kier alpha value is 0.0900. The van der Waals surface area contributed by atoms with Crippen LogP contribution in [0.1, 0.15) is 6.42 Å². The van der Waals surface area contributed by atoms with Crippen molar-refractivity contribution >= 4 is 46.1 Å². The summed E-state index contributed by atoms with van der Waals surface area (Å²) in [5.74, 6) is -0.406. The molecule has 0 heterocycles. The number of thioether (sulfide) groups is 1. The summed E-state index contributed by atoms with van der Waals surface area (Å²) >= 11 is 10.5. The first kappa shape index (κ1) is 11.1. The molecule has 0 aliphatic heterocycles. The predicted octanol–water partition coefficient (Wildman–Crippen LogP) is 0.353. The van der Waals surface area contributed by atoms with Crippen molar-refractivity contribution in [1.29, 1.82) is 0 Å². The van der Waals surface area contributed by atoms with Gasteiger partial charge in [-0.25, -0.2) is 0 Å². The van der Waals surface area contributed by atoms with E-state index in [9.17, 15) is 4.79 Å². The molecule has 1 unspecified atom stereocenters. The maximum absolute atomic E-state index is 10.2. The van der Waals surface area contributed by atoms with Gasteiger partial charge in [0.1, 0.15) is 6.04 Å². The van der Waals surface area contributed by atoms with Gasteiger partial charge in [0, 0.05) is 0 Å². The number of thiocarbonyl (C=S) groups is 1. The van der Waals surface area contributed by atoms with Gasteiger partial charge in [-0.3, -0.25) is 4.79 Å². The van der Waals surface area contributed by atoms with Crippen molar-refractivity contribution in [1.82, 2.24) is 0 Å². The van der Waals surface area contributed by atoms with Gasteiger partial charge in [-0.15, -0.1) is 11.8 Å². The number of carbonyl (C=O) groups is 1. The first-order chi connectivity index (χ1) is 5.04. The van der Waals surface area contributed by atoms with Crippen LogP contribution in [0.5, 0.6) is 0 Å². The molecule has 1 atom stereocenters. The molecule has 3 N–H and O–H groups in total. The molecule has 11 heavy (non-hydrogen) atoms. The Kier molecular flexibility index (Phi) is 5.75. The SMILES string of the molecule is NC(CCSC(=S)[S-])C(=O)O. The smallest absolute Gasteiger partial charge is 0.320 e. The molecule has 6 heteroatoms. The first-order valence-corrected chi connectivity index (χ1v) is 4.66. The standard InChI is InChI=1S/C5H9NO2S3/c6-3(4(7)8)1-2-11-5(9)10/h3H,1-2,6H2,(H,7,8)(H,9,10)/p-1. The van der Waals surface area contributed by atoms with Crippen LogP contribution in [0.4, 0.5) is 0 Å². The normalized spacial score (nSPS) is 12.5. The van der Waals surface area contributed by atoms with Crippen molar-refractivity contribution in [2.45, 2.75) is 12.5 Å². The molecule has 0 aromatic rings. The summed E-state index contributed by atoms with van der Waals surface area (Å²) in [5.41, 5.74) is 5.21. The molecule has 0 saturated heterocycles. The second kappa shape index (κ2) is 5.70. The van der Waals surface area contributed by atoms with Crippen LogP contribution in [0, 0.1) is 0 Å². The quantitative estimate of drug-likeness (QED) is 0.516. The zero-order valence-corrected chi connectivity index (χ0v) is 8.10. The number of carboxylic acid groups (broad SMARTS) is 1. The van der Waals surface area contributed by atoms with Gasteiger partial charge in [0.05, 0.1) is 0 Å². The number of hydrogen-bond donors (Lipinski definition) is 2. The van der Waals surface area contributed by atoms with Gasteiger partial charge in [-0.2, -0.15) is 0 Å². The summed E-state index contributed by atoms with van der Waals surface area (Å²) in [6.45, 7) is 0. The fraction of sp³-hybridized carbons (Fsp3) is 0.600. The number of rotatable bonds is 4. The lowest BCUT2D eigenvalue weighted by Crippen LogP contribution is -2.30. The Morgan fingerprint density at radius 3 is 2.73 bits per heavy atom. The van der Waals surface area contributed by atoms with Gasteiger partial charge in [-0.05, 0) is 12.2 Å². The number of hydrogen-bond acceptors (Lipinski definition) is 5. The van der Waals surface area contributed by atoms with E-state index in [1.807, 2.05) is 0 Å². The van der Waals surface area contributed by atoms with Gasteiger partial charge in [0.25, 0.3) is 0 Å². The molecule has 0 aliphatic rings. The van der Waals surface area contributed by atoms with Crippen LogP contribution in [-0.2, 0) is 17.4 Å². The monoisotopic (exact) mass is 210 g/mol. The van der Waals surface area contributed by atoms with E-state index in [0.717, 1.165) is 0 Å². The van der Waals surface area contributed by atoms with Crippen molar-refractivity contribution in [3.05, 3.63) is 0 Å². The number of carboxylic acids is 1. The summed E-state index contributed by atoms with van der Waals surface area (Å²) in [4.78, 5) is 10.2. The van der Waals surface area contributed by atoms with Gasteiger partial charge < -0.3 is 35.7 Å². The van der Waals surface area contributed by atoms with Crippen molar-refractivity contribution in [2.24, 2.45) is 5.73 Å². The maximum Gasteiger partial charge on any atom is 0.320 e. The average molecular weight is 210 g/mol. The van der Waals surface area contributed by atoms with Crippen molar-refractivity contribution in [2.75, 3.05) is 5.75 Å². The molecular formula is C5H8NO2S3-. The molecule has 3 nitrogen and oxygen atoms in total. The van der Waals surface area contributed by atoms with Crippen LogP contribution >= 0.6 is 24.0 Å². The Balaban J connectivity index is 3.39. The molecule has 0 spiro atoms. The summed E-state index contributed by atoms with van der Waals surface area (Å²) in [5, 5.41) is 8.35. The molecule has 0 bridgehead atoms. The minimum atomic E-state index is -0.985. The highest BCUT2D eigenvalue weighted by atomic mass is 32.2. The van der Waals surface area contributed by atoms with Gasteiger partial charge >= 0.3 is 5.97 Å². The lowest BCUT2D eigenvalue weighted by Gasteiger charge is -2.06. The second-order valence-electron chi connectivity index (χ2n) is 1.83. The second-order valence-corrected chi connectivity index (χ2v) is 4.53. The molecule has 0 fully saturated rings. The Bertz CT molecular complexity index is 162. The minimum Gasteiger partial charge on any atom is -0.480 e. The molecule has 0 saturated carbocycles. The third-order valence-corrected chi connectivity index (χ3v) is 2.35. The summed E-state index contributed by atoms with van der Waals surface area (Å²) in [6, 6.07) is -0.799. The van der Waals surface area contributed by atoms with E-state index in [1.54, 1.807) is 0 Å². The van der Waals surface area contributed by atoms with Gasteiger partial charge in [0.15, 0.2) is 0 Å². The summed E-state index contributed by atoms with van der Waals surface area (Å²) in [7, 11) is 0. The van der Waals surface area contributed by atoms with E-state index >= 15 is 0 Å². The zero-order chi connectivity index (χ0) is 8.85. The van der Waals surface area contributed by atoms with Crippen LogP contribution in [0.3, 0.4) is 0 Å². The minimum absolute atomic E-state index is 0.400. The van der Waals surface area contributed by atoms with Crippen molar-refractivity contribution in [3.8, 4) is 0 Å². The molecule has 0 aromatic carbocycles. The molecule has 0 radical (unpaired) electrons. The third-order valence-electron chi connectivity index (χ3n) is 0.966. The largest absolute Gasteiger partial charge is 0.480 e. The number of nitrogens with two attached hydrogens (primary N) is 1. The highest BCUT2D eigenvalue weighted by Crippen LogP contribution is 2.05. The topological polar surface area (TPSA) is 63.3 Å². The Morgan fingerprint density at radius 1 is 1.82 bits per heavy atom. The van der Waals surface area contributed by atoms with Gasteiger partial charge in [-0.1, -0.05) is 3.53 Å². The zero-order valence-electron chi connectivity index (χ0n) is 5.65. The van der Waals surface area contributed by atoms with Crippen LogP contribution < -0.4 is 5.73 Å². The van der Waals surface area contributed by atoms with Crippen LogP contribution in [0.2, 0.25) is 0 Å². The van der Waals surface area contributed by atoms with E-state index in [-0.39, 0.29) is 0 Å². The molecule has 0 aliphatic carbocycles. The summed E-state index contributed by atoms with van der Waals surface area (Å²) < 4.78 is 0.405. The van der Waals surface area contributed by atoms with E-state index < -0.39 is 12.0 Å². The van der Waals surface area contributed by atoms with Crippen LogP contribution in [0.15, 0.2) is 0 Å². The molecule has 0 rings (SSSR count). The summed E-state index contributed by atoms with van der Waals surface area (Å²) in [6.07, 6.45) is 0.400. The lowest BCUT2D eigenvalue weighted by atomic mass is 10.2. The van der Waals surface area contributed by atoms with Gasteiger partial charge in [0.2, 0.25) is 0 Å². The Labute approximate surface area is 80.1 Å². The highest BCUT2D eigenvalue weighted by molar-refractivity contribution is 8.36. The molecule has 0 amide bonds. The fourth-order valence-corrected chi connectivity index (χ4v) is 1.43. The van der Waals surface area contributed by atoms with Crippen LogP contribution in [-0.4, -0.2) is 26.4 Å². The third kappa shape index (κ3) is 6.49. The average Bonchev–Trinajstić information content (AvgIpc) is 1.86. The number of aliphatic carboxylic acids is 1. The molecular weight excluding hydrogens is 202 g/mol. The molecule has 64 valence electrons. The van der Waals surface area contributed by atoms with Crippen LogP contribution in [0.25, 0.3) is 0 Å². The van der Waals surface area contributed by atoms with E-state index in [2.05, 4.69) is 24.8 Å². The highest BCUT2D eigenvalue weighted by Gasteiger charge is 2.09.